The molecule has 5 nitrogen and oxygen atoms in total. The number of piperazine rings is 1. The van der Waals surface area contributed by atoms with Crippen molar-refractivity contribution in [1.29, 1.82) is 0 Å². The Labute approximate surface area is 181 Å². The Bertz CT molecular complexity index is 742. The van der Waals surface area contributed by atoms with Gasteiger partial charge in [-0.2, -0.15) is 0 Å². The van der Waals surface area contributed by atoms with E-state index in [2.05, 4.69) is 41.0 Å². The number of para-hydroxylation sites is 1. The van der Waals surface area contributed by atoms with Crippen molar-refractivity contribution in [3.63, 3.8) is 0 Å². The Hall–Kier alpha value is -2.04. The number of likely N-dealkylation sites (tertiary alicyclic amines) is 1. The standard InChI is InChI=1S/C25H37N3O2/c1-20-7-2-5-10-23(20)26-15-17-27(18-16-26)24(29)11-6-12-25(30)28-14-13-21-8-3-4-9-22(21)19-28/h2,5,7,10,21-22H,3-4,6,8-9,11-19H2,1H3. The van der Waals surface area contributed by atoms with Gasteiger partial charge in [-0.05, 0) is 49.7 Å². The largest absolute Gasteiger partial charge is 0.368 e. The first-order valence-electron chi connectivity index (χ1n) is 12.0. The van der Waals surface area contributed by atoms with Gasteiger partial charge in [-0.3, -0.25) is 9.59 Å². The van der Waals surface area contributed by atoms with Gasteiger partial charge in [-0.1, -0.05) is 37.5 Å². The summed E-state index contributed by atoms with van der Waals surface area (Å²) in [6.07, 6.45) is 8.23. The van der Waals surface area contributed by atoms with Crippen LogP contribution in [0.15, 0.2) is 24.3 Å². The second kappa shape index (κ2) is 9.84. The molecule has 30 heavy (non-hydrogen) atoms. The van der Waals surface area contributed by atoms with Gasteiger partial charge in [-0.25, -0.2) is 0 Å². The van der Waals surface area contributed by atoms with E-state index in [-0.39, 0.29) is 11.8 Å². The van der Waals surface area contributed by atoms with E-state index in [4.69, 9.17) is 0 Å². The number of benzene rings is 1. The minimum Gasteiger partial charge on any atom is -0.368 e. The SMILES string of the molecule is Cc1ccccc1N1CCN(C(=O)CCCC(=O)N2CCC3CCCCC3C2)CC1. The Balaban J connectivity index is 1.17. The zero-order valence-electron chi connectivity index (χ0n) is 18.5. The summed E-state index contributed by atoms with van der Waals surface area (Å²) < 4.78 is 0. The maximum atomic E-state index is 12.7. The number of carbonyl (C=O) groups is 2. The number of anilines is 1. The summed E-state index contributed by atoms with van der Waals surface area (Å²) >= 11 is 0. The molecule has 0 radical (unpaired) electrons. The van der Waals surface area contributed by atoms with E-state index in [1.165, 1.54) is 43.4 Å². The fourth-order valence-electron chi connectivity index (χ4n) is 5.65. The number of hydrogen-bond acceptors (Lipinski definition) is 3. The van der Waals surface area contributed by atoms with Crippen LogP contribution in [0.2, 0.25) is 0 Å². The van der Waals surface area contributed by atoms with Gasteiger partial charge in [-0.15, -0.1) is 0 Å². The summed E-state index contributed by atoms with van der Waals surface area (Å²) in [6.45, 7) is 7.33. The molecule has 3 fully saturated rings. The van der Waals surface area contributed by atoms with Crippen molar-refractivity contribution in [3.8, 4) is 0 Å². The lowest BCUT2D eigenvalue weighted by atomic mass is 9.75. The van der Waals surface area contributed by atoms with Gasteiger partial charge in [0.15, 0.2) is 0 Å². The van der Waals surface area contributed by atoms with Crippen molar-refractivity contribution in [2.24, 2.45) is 11.8 Å². The first kappa shape index (κ1) is 21.2. The van der Waals surface area contributed by atoms with E-state index in [1.54, 1.807) is 0 Å². The summed E-state index contributed by atoms with van der Waals surface area (Å²) in [5.74, 6) is 2.04. The van der Waals surface area contributed by atoms with Crippen LogP contribution < -0.4 is 4.90 Å². The van der Waals surface area contributed by atoms with Crippen molar-refractivity contribution in [2.75, 3.05) is 44.2 Å². The number of rotatable bonds is 5. The van der Waals surface area contributed by atoms with Crippen LogP contribution in [0.4, 0.5) is 5.69 Å². The first-order valence-corrected chi connectivity index (χ1v) is 12.0. The van der Waals surface area contributed by atoms with E-state index in [1.807, 2.05) is 4.90 Å². The molecule has 164 valence electrons. The molecule has 0 N–H and O–H groups in total. The van der Waals surface area contributed by atoms with Gasteiger partial charge >= 0.3 is 0 Å². The van der Waals surface area contributed by atoms with Crippen LogP contribution in [0, 0.1) is 18.8 Å². The molecule has 0 aromatic heterocycles. The van der Waals surface area contributed by atoms with Crippen molar-refractivity contribution < 1.29 is 9.59 Å². The summed E-state index contributed by atoms with van der Waals surface area (Å²) in [6, 6.07) is 8.44. The molecule has 1 aliphatic carbocycles. The molecular formula is C25H37N3O2. The highest BCUT2D eigenvalue weighted by Crippen LogP contribution is 2.36. The fourth-order valence-corrected chi connectivity index (χ4v) is 5.65. The van der Waals surface area contributed by atoms with E-state index in [0.717, 1.165) is 51.1 Å². The van der Waals surface area contributed by atoms with Crippen LogP contribution in [0.25, 0.3) is 0 Å². The van der Waals surface area contributed by atoms with E-state index in [0.29, 0.717) is 19.3 Å². The van der Waals surface area contributed by atoms with Crippen LogP contribution in [0.3, 0.4) is 0 Å². The number of piperidine rings is 1. The first-order chi connectivity index (χ1) is 14.6. The lowest BCUT2D eigenvalue weighted by Gasteiger charge is -2.41. The molecule has 2 unspecified atom stereocenters. The molecule has 0 bridgehead atoms. The van der Waals surface area contributed by atoms with Gasteiger partial charge < -0.3 is 14.7 Å². The lowest BCUT2D eigenvalue weighted by Crippen LogP contribution is -2.49. The zero-order valence-corrected chi connectivity index (χ0v) is 18.5. The highest BCUT2D eigenvalue weighted by molar-refractivity contribution is 5.79. The van der Waals surface area contributed by atoms with Crippen LogP contribution in [0.1, 0.15) is 56.9 Å². The molecule has 2 atom stereocenters. The number of amides is 2. The summed E-state index contributed by atoms with van der Waals surface area (Å²) in [7, 11) is 0. The van der Waals surface area contributed by atoms with Crippen molar-refractivity contribution in [1.82, 2.24) is 9.80 Å². The monoisotopic (exact) mass is 411 g/mol. The van der Waals surface area contributed by atoms with E-state index >= 15 is 0 Å². The van der Waals surface area contributed by atoms with Crippen molar-refractivity contribution >= 4 is 17.5 Å². The van der Waals surface area contributed by atoms with Crippen LogP contribution in [-0.2, 0) is 9.59 Å². The highest BCUT2D eigenvalue weighted by atomic mass is 16.2. The number of nitrogens with zero attached hydrogens (tertiary/aromatic N) is 3. The fraction of sp³-hybridized carbons (Fsp3) is 0.680. The Morgan fingerprint density at radius 1 is 0.833 bits per heavy atom. The molecule has 5 heteroatoms. The lowest BCUT2D eigenvalue weighted by molar-refractivity contribution is -0.135. The molecule has 1 saturated carbocycles. The third kappa shape index (κ3) is 4.98. The van der Waals surface area contributed by atoms with E-state index in [9.17, 15) is 9.59 Å². The average molecular weight is 412 g/mol. The summed E-state index contributed by atoms with van der Waals surface area (Å²) in [4.78, 5) is 31.7. The van der Waals surface area contributed by atoms with Crippen LogP contribution >= 0.6 is 0 Å². The van der Waals surface area contributed by atoms with Gasteiger partial charge in [0.1, 0.15) is 0 Å². The Morgan fingerprint density at radius 3 is 2.23 bits per heavy atom. The number of carbonyl (C=O) groups excluding carboxylic acids is 2. The minimum atomic E-state index is 0.207. The molecule has 2 heterocycles. The van der Waals surface area contributed by atoms with E-state index < -0.39 is 0 Å². The van der Waals surface area contributed by atoms with Crippen molar-refractivity contribution in [3.05, 3.63) is 29.8 Å². The molecule has 1 aromatic rings. The van der Waals surface area contributed by atoms with Gasteiger partial charge in [0.25, 0.3) is 0 Å². The predicted molar refractivity (Wildman–Crippen MR) is 120 cm³/mol. The number of fused-ring (bicyclic) bond motifs is 1. The molecule has 0 spiro atoms. The summed E-state index contributed by atoms with van der Waals surface area (Å²) in [5, 5.41) is 0. The third-order valence-corrected chi connectivity index (χ3v) is 7.51. The average Bonchev–Trinajstić information content (AvgIpc) is 2.79. The maximum Gasteiger partial charge on any atom is 0.222 e. The normalized spacial score (nSPS) is 24.5. The second-order valence-corrected chi connectivity index (χ2v) is 9.44. The molecule has 2 saturated heterocycles. The molecule has 4 rings (SSSR count). The third-order valence-electron chi connectivity index (χ3n) is 7.51. The van der Waals surface area contributed by atoms with Crippen LogP contribution in [-0.4, -0.2) is 60.9 Å². The Kier molecular flexibility index (Phi) is 6.96. The van der Waals surface area contributed by atoms with Crippen molar-refractivity contribution in [2.45, 2.75) is 58.3 Å². The quantitative estimate of drug-likeness (QED) is 0.739. The van der Waals surface area contributed by atoms with Gasteiger partial charge in [0.2, 0.25) is 11.8 Å². The Morgan fingerprint density at radius 2 is 1.50 bits per heavy atom. The molecule has 3 aliphatic rings. The number of aryl methyl sites for hydroxylation is 1. The van der Waals surface area contributed by atoms with Crippen LogP contribution in [0.5, 0.6) is 0 Å². The maximum absolute atomic E-state index is 12.7. The van der Waals surface area contributed by atoms with Gasteiger partial charge in [0, 0.05) is 57.8 Å². The minimum absolute atomic E-state index is 0.207. The highest BCUT2D eigenvalue weighted by Gasteiger charge is 2.32. The number of hydrogen-bond donors (Lipinski definition) is 0. The summed E-state index contributed by atoms with van der Waals surface area (Å²) in [5.41, 5.74) is 2.56. The zero-order chi connectivity index (χ0) is 20.9. The molecule has 2 aliphatic heterocycles. The smallest absolute Gasteiger partial charge is 0.222 e. The molecule has 2 amide bonds. The predicted octanol–water partition coefficient (Wildman–Crippen LogP) is 3.85. The second-order valence-electron chi connectivity index (χ2n) is 9.44. The van der Waals surface area contributed by atoms with Gasteiger partial charge in [0.05, 0.1) is 0 Å². The molecular weight excluding hydrogens is 374 g/mol. The molecule has 1 aromatic carbocycles. The topological polar surface area (TPSA) is 43.9 Å².